The molecule has 2 saturated heterocycles. The molecule has 2 fully saturated rings. The van der Waals surface area contributed by atoms with Crippen LogP contribution >= 0.6 is 0 Å². The second-order valence-electron chi connectivity index (χ2n) is 7.83. The quantitative estimate of drug-likeness (QED) is 0.762. The third kappa shape index (κ3) is 3.55. The molecule has 0 bridgehead atoms. The molecule has 0 aromatic heterocycles. The number of carbonyl (C=O) groups is 2. The van der Waals surface area contributed by atoms with Crippen LogP contribution in [0, 0.1) is 0 Å². The molecule has 1 aromatic carbocycles. The molecule has 5 nitrogen and oxygen atoms in total. The lowest BCUT2D eigenvalue weighted by atomic mass is 10.00. The Morgan fingerprint density at radius 3 is 2.04 bits per heavy atom. The zero-order chi connectivity index (χ0) is 17.9. The lowest BCUT2D eigenvalue weighted by Crippen LogP contribution is -2.47. The van der Waals surface area contributed by atoms with Crippen molar-refractivity contribution in [3.05, 3.63) is 35.4 Å². The molecule has 0 N–H and O–H groups in total. The number of hydrogen-bond acceptors (Lipinski definition) is 4. The Morgan fingerprint density at radius 2 is 1.42 bits per heavy atom. The van der Waals surface area contributed by atoms with E-state index in [4.69, 9.17) is 0 Å². The van der Waals surface area contributed by atoms with Crippen LogP contribution in [0.4, 0.5) is 0 Å². The second-order valence-corrected chi connectivity index (χ2v) is 7.83. The summed E-state index contributed by atoms with van der Waals surface area (Å²) in [6, 6.07) is 7.91. The highest BCUT2D eigenvalue weighted by atomic mass is 16.2. The van der Waals surface area contributed by atoms with E-state index >= 15 is 0 Å². The van der Waals surface area contributed by atoms with E-state index < -0.39 is 0 Å². The summed E-state index contributed by atoms with van der Waals surface area (Å²) in [5, 5.41) is 0. The molecule has 3 heterocycles. The number of carbonyl (C=O) groups excluding carboxylic acids is 2. The summed E-state index contributed by atoms with van der Waals surface area (Å²) in [6.45, 7) is 6.35. The van der Waals surface area contributed by atoms with Crippen LogP contribution in [-0.4, -0.2) is 71.8 Å². The number of fused-ring (bicyclic) bond motifs is 1. The molecular weight excluding hydrogens is 326 g/mol. The lowest BCUT2D eigenvalue weighted by molar-refractivity contribution is 0.0636. The van der Waals surface area contributed by atoms with Gasteiger partial charge in [0.15, 0.2) is 0 Å². The van der Waals surface area contributed by atoms with Crippen molar-refractivity contribution in [2.75, 3.05) is 39.3 Å². The number of amides is 2. The Morgan fingerprint density at radius 1 is 0.808 bits per heavy atom. The van der Waals surface area contributed by atoms with Crippen molar-refractivity contribution in [1.29, 1.82) is 0 Å². The Kier molecular flexibility index (Phi) is 5.36. The minimum atomic E-state index is -0.130. The van der Waals surface area contributed by atoms with E-state index in [1.165, 1.54) is 50.1 Å². The van der Waals surface area contributed by atoms with Gasteiger partial charge < -0.3 is 9.80 Å². The first kappa shape index (κ1) is 17.7. The molecule has 140 valence electrons. The summed E-state index contributed by atoms with van der Waals surface area (Å²) in [5.74, 6) is -0.260. The molecule has 1 aromatic rings. The van der Waals surface area contributed by atoms with Crippen molar-refractivity contribution >= 4 is 11.8 Å². The molecule has 0 unspecified atom stereocenters. The third-order valence-corrected chi connectivity index (χ3v) is 6.20. The van der Waals surface area contributed by atoms with Crippen molar-refractivity contribution < 1.29 is 9.59 Å². The van der Waals surface area contributed by atoms with Gasteiger partial charge in [-0.15, -0.1) is 0 Å². The maximum atomic E-state index is 12.4. The lowest BCUT2D eigenvalue weighted by Gasteiger charge is -2.40. The number of nitrogens with zero attached hydrogens (tertiary/aromatic N) is 3. The molecule has 26 heavy (non-hydrogen) atoms. The maximum Gasteiger partial charge on any atom is 0.261 e. The van der Waals surface area contributed by atoms with Gasteiger partial charge in [0, 0.05) is 12.6 Å². The fourth-order valence-corrected chi connectivity index (χ4v) is 4.69. The van der Waals surface area contributed by atoms with Gasteiger partial charge >= 0.3 is 0 Å². The highest BCUT2D eigenvalue weighted by molar-refractivity contribution is 6.21. The Bertz CT molecular complexity index is 626. The van der Waals surface area contributed by atoms with Gasteiger partial charge in [-0.05, 0) is 77.0 Å². The van der Waals surface area contributed by atoms with E-state index in [1.54, 1.807) is 12.1 Å². The van der Waals surface area contributed by atoms with Gasteiger partial charge in [0.2, 0.25) is 0 Å². The fourth-order valence-electron chi connectivity index (χ4n) is 4.69. The van der Waals surface area contributed by atoms with Gasteiger partial charge in [0.1, 0.15) is 0 Å². The summed E-state index contributed by atoms with van der Waals surface area (Å²) < 4.78 is 0. The largest absolute Gasteiger partial charge is 0.303 e. The SMILES string of the molecule is O=C1c2ccccc2C(=O)N1CCCN1CCC(N2CCCCC2)CC1. The minimum absolute atomic E-state index is 0.130. The molecule has 3 aliphatic rings. The predicted molar refractivity (Wildman–Crippen MR) is 101 cm³/mol. The first-order valence-electron chi connectivity index (χ1n) is 10.2. The van der Waals surface area contributed by atoms with Crippen LogP contribution in [0.15, 0.2) is 24.3 Å². The third-order valence-electron chi connectivity index (χ3n) is 6.20. The summed E-state index contributed by atoms with van der Waals surface area (Å²) in [4.78, 5) is 31.4. The van der Waals surface area contributed by atoms with Crippen LogP contribution < -0.4 is 0 Å². The van der Waals surface area contributed by atoms with Crippen molar-refractivity contribution in [3.8, 4) is 0 Å². The van der Waals surface area contributed by atoms with Crippen molar-refractivity contribution in [2.45, 2.75) is 44.6 Å². The first-order valence-corrected chi connectivity index (χ1v) is 10.2. The van der Waals surface area contributed by atoms with Crippen molar-refractivity contribution in [2.24, 2.45) is 0 Å². The number of likely N-dealkylation sites (tertiary alicyclic amines) is 2. The van der Waals surface area contributed by atoms with Gasteiger partial charge in [0.05, 0.1) is 11.1 Å². The Balaban J connectivity index is 1.21. The Labute approximate surface area is 155 Å². The van der Waals surface area contributed by atoms with Crippen molar-refractivity contribution in [1.82, 2.24) is 14.7 Å². The average Bonchev–Trinajstić information content (AvgIpc) is 2.94. The van der Waals surface area contributed by atoms with Crippen molar-refractivity contribution in [3.63, 3.8) is 0 Å². The van der Waals surface area contributed by atoms with Gasteiger partial charge in [-0.2, -0.15) is 0 Å². The van der Waals surface area contributed by atoms with Gasteiger partial charge in [0.25, 0.3) is 11.8 Å². The summed E-state index contributed by atoms with van der Waals surface area (Å²) in [7, 11) is 0. The van der Waals surface area contributed by atoms with Crippen LogP contribution in [-0.2, 0) is 0 Å². The van der Waals surface area contributed by atoms with E-state index in [-0.39, 0.29) is 11.8 Å². The second kappa shape index (κ2) is 7.89. The van der Waals surface area contributed by atoms with Crippen LogP contribution in [0.3, 0.4) is 0 Å². The van der Waals surface area contributed by atoms with Crippen LogP contribution in [0.1, 0.15) is 59.2 Å². The number of benzene rings is 1. The summed E-state index contributed by atoms with van der Waals surface area (Å²) >= 11 is 0. The van der Waals surface area contributed by atoms with E-state index in [0.717, 1.165) is 32.1 Å². The zero-order valence-electron chi connectivity index (χ0n) is 15.5. The number of piperidine rings is 2. The summed E-state index contributed by atoms with van der Waals surface area (Å²) in [6.07, 6.45) is 7.49. The standard InChI is InChI=1S/C21H29N3O2/c25-20-18-7-2-3-8-19(18)21(26)24(20)14-6-11-22-15-9-17(10-16-22)23-12-4-1-5-13-23/h2-3,7-8,17H,1,4-6,9-16H2. The Hall–Kier alpha value is -1.72. The number of imide groups is 1. The number of rotatable bonds is 5. The van der Waals surface area contributed by atoms with E-state index in [1.807, 2.05) is 12.1 Å². The van der Waals surface area contributed by atoms with Gasteiger partial charge in [-0.25, -0.2) is 0 Å². The summed E-state index contributed by atoms with van der Waals surface area (Å²) in [5.41, 5.74) is 1.11. The highest BCUT2D eigenvalue weighted by Crippen LogP contribution is 2.23. The molecule has 5 heteroatoms. The van der Waals surface area contributed by atoms with Crippen LogP contribution in [0.5, 0.6) is 0 Å². The zero-order valence-corrected chi connectivity index (χ0v) is 15.5. The van der Waals surface area contributed by atoms with Crippen LogP contribution in [0.25, 0.3) is 0 Å². The molecule has 4 rings (SSSR count). The molecule has 0 saturated carbocycles. The van der Waals surface area contributed by atoms with E-state index in [2.05, 4.69) is 9.80 Å². The monoisotopic (exact) mass is 355 g/mol. The fraction of sp³-hybridized carbons (Fsp3) is 0.619. The van der Waals surface area contributed by atoms with Gasteiger partial charge in [-0.1, -0.05) is 18.6 Å². The molecule has 0 spiro atoms. The molecular formula is C21H29N3O2. The minimum Gasteiger partial charge on any atom is -0.303 e. The predicted octanol–water partition coefficient (Wildman–Crippen LogP) is 2.62. The smallest absolute Gasteiger partial charge is 0.261 e. The first-order chi connectivity index (χ1) is 12.7. The molecule has 3 aliphatic heterocycles. The maximum absolute atomic E-state index is 12.4. The molecule has 2 amide bonds. The van der Waals surface area contributed by atoms with E-state index in [0.29, 0.717) is 17.7 Å². The molecule has 0 atom stereocenters. The van der Waals surface area contributed by atoms with Crippen LogP contribution in [0.2, 0.25) is 0 Å². The number of hydrogen-bond donors (Lipinski definition) is 0. The van der Waals surface area contributed by atoms with E-state index in [9.17, 15) is 9.59 Å². The topological polar surface area (TPSA) is 43.9 Å². The van der Waals surface area contributed by atoms with Gasteiger partial charge in [-0.3, -0.25) is 14.5 Å². The molecule has 0 aliphatic carbocycles. The molecule has 0 radical (unpaired) electrons. The normalized spacial score (nSPS) is 22.8. The highest BCUT2D eigenvalue weighted by Gasteiger charge is 2.34. The average molecular weight is 355 g/mol.